The van der Waals surface area contributed by atoms with Crippen LogP contribution in [0.4, 0.5) is 5.69 Å². The molecule has 32 heavy (non-hydrogen) atoms. The van der Waals surface area contributed by atoms with Gasteiger partial charge in [-0.15, -0.1) is 0 Å². The number of imide groups is 1. The van der Waals surface area contributed by atoms with E-state index in [0.717, 1.165) is 6.42 Å². The van der Waals surface area contributed by atoms with Crippen molar-refractivity contribution in [2.45, 2.75) is 6.42 Å². The number of ketones is 1. The predicted molar refractivity (Wildman–Crippen MR) is 120 cm³/mol. The zero-order chi connectivity index (χ0) is 22.1. The van der Waals surface area contributed by atoms with E-state index in [-0.39, 0.29) is 47.9 Å². The van der Waals surface area contributed by atoms with E-state index in [2.05, 4.69) is 12.2 Å². The molecule has 7 rings (SSSR count). The number of carbonyl (C=O) groups excluding carboxylic acids is 3. The lowest BCUT2D eigenvalue weighted by molar-refractivity contribution is -0.124. The number of allylic oxidation sites excluding steroid dienone is 2. The highest BCUT2D eigenvalue weighted by Crippen LogP contribution is 2.65. The fourth-order valence-corrected chi connectivity index (χ4v) is 6.24. The Kier molecular flexibility index (Phi) is 4.50. The van der Waals surface area contributed by atoms with Crippen molar-refractivity contribution in [1.82, 2.24) is 0 Å². The Morgan fingerprint density at radius 2 is 1.56 bits per heavy atom. The van der Waals surface area contributed by atoms with Crippen LogP contribution in [0.1, 0.15) is 16.8 Å². The van der Waals surface area contributed by atoms with E-state index in [1.54, 1.807) is 36.4 Å². The van der Waals surface area contributed by atoms with Gasteiger partial charge in [0.2, 0.25) is 17.6 Å². The highest BCUT2D eigenvalue weighted by molar-refractivity contribution is 6.36. The summed E-state index contributed by atoms with van der Waals surface area (Å²) in [6.45, 7) is -0.205. The summed E-state index contributed by atoms with van der Waals surface area (Å²) in [7, 11) is 0. The molecule has 162 valence electrons. The van der Waals surface area contributed by atoms with Crippen molar-refractivity contribution in [3.63, 3.8) is 0 Å². The maximum Gasteiger partial charge on any atom is 0.238 e. The third kappa shape index (κ3) is 2.95. The van der Waals surface area contributed by atoms with Gasteiger partial charge in [0.1, 0.15) is 5.75 Å². The molecule has 2 saturated carbocycles. The minimum absolute atomic E-state index is 0.0934. The van der Waals surface area contributed by atoms with Crippen molar-refractivity contribution >= 4 is 46.5 Å². The largest absolute Gasteiger partial charge is 0.485 e. The molecule has 4 unspecified atom stereocenters. The van der Waals surface area contributed by atoms with Gasteiger partial charge in [-0.3, -0.25) is 19.3 Å². The fraction of sp³-hybridized carbons (Fsp3) is 0.320. The summed E-state index contributed by atoms with van der Waals surface area (Å²) < 4.78 is 5.60. The first-order chi connectivity index (χ1) is 15.4. The molecule has 5 nitrogen and oxygen atoms in total. The van der Waals surface area contributed by atoms with Gasteiger partial charge >= 0.3 is 0 Å². The first-order valence-corrected chi connectivity index (χ1v) is 11.5. The average molecular weight is 468 g/mol. The van der Waals surface area contributed by atoms with E-state index in [9.17, 15) is 14.4 Å². The number of carbonyl (C=O) groups is 3. The lowest BCUT2D eigenvalue weighted by Gasteiger charge is -2.37. The van der Waals surface area contributed by atoms with E-state index in [0.29, 0.717) is 38.9 Å². The van der Waals surface area contributed by atoms with Crippen molar-refractivity contribution < 1.29 is 19.1 Å². The zero-order valence-electron chi connectivity index (χ0n) is 16.9. The smallest absolute Gasteiger partial charge is 0.238 e. The van der Waals surface area contributed by atoms with E-state index in [4.69, 9.17) is 27.9 Å². The highest BCUT2D eigenvalue weighted by Gasteiger charge is 2.67. The zero-order valence-corrected chi connectivity index (χ0v) is 18.4. The van der Waals surface area contributed by atoms with Crippen LogP contribution in [0.25, 0.3) is 0 Å². The molecular formula is C25H19Cl2NO4. The van der Waals surface area contributed by atoms with Gasteiger partial charge in [0.15, 0.2) is 6.61 Å². The SMILES string of the molecule is O=C(COc1ccc(N2C(=O)C3C(C2=O)[C@@H]2C=CC3[C@H]3CC23)cc1)c1cc(Cl)ccc1Cl. The molecule has 0 N–H and O–H groups in total. The number of amides is 2. The molecule has 1 saturated heterocycles. The van der Waals surface area contributed by atoms with Crippen LogP contribution in [0.5, 0.6) is 5.75 Å². The average Bonchev–Trinajstić information content (AvgIpc) is 3.58. The molecular weight excluding hydrogens is 449 g/mol. The minimum Gasteiger partial charge on any atom is -0.485 e. The van der Waals surface area contributed by atoms with Crippen LogP contribution >= 0.6 is 23.2 Å². The maximum atomic E-state index is 13.2. The Balaban J connectivity index is 1.16. The lowest BCUT2D eigenvalue weighted by Crippen LogP contribution is -2.40. The number of anilines is 1. The molecule has 4 aliphatic carbocycles. The van der Waals surface area contributed by atoms with Gasteiger partial charge in [-0.05, 0) is 72.6 Å². The van der Waals surface area contributed by atoms with Gasteiger partial charge in [0.25, 0.3) is 0 Å². The fourth-order valence-electron chi connectivity index (χ4n) is 5.84. The highest BCUT2D eigenvalue weighted by atomic mass is 35.5. The summed E-state index contributed by atoms with van der Waals surface area (Å²) in [5.74, 6) is 1.07. The second-order valence-corrected chi connectivity index (χ2v) is 9.84. The molecule has 2 aromatic rings. The Hall–Kier alpha value is -2.63. The Morgan fingerprint density at radius 3 is 2.19 bits per heavy atom. The second kappa shape index (κ2) is 7.19. The third-order valence-corrected chi connectivity index (χ3v) is 7.92. The van der Waals surface area contributed by atoms with Crippen molar-refractivity contribution in [1.29, 1.82) is 0 Å². The topological polar surface area (TPSA) is 63.7 Å². The van der Waals surface area contributed by atoms with Crippen LogP contribution < -0.4 is 9.64 Å². The van der Waals surface area contributed by atoms with E-state index >= 15 is 0 Å². The van der Waals surface area contributed by atoms with Gasteiger partial charge in [-0.2, -0.15) is 0 Å². The van der Waals surface area contributed by atoms with Crippen LogP contribution in [-0.4, -0.2) is 24.2 Å². The first kappa shape index (κ1) is 20.0. The third-order valence-electron chi connectivity index (χ3n) is 7.36. The molecule has 2 amide bonds. The molecule has 7 heteroatoms. The molecule has 0 spiro atoms. The van der Waals surface area contributed by atoms with Crippen molar-refractivity contribution in [2.24, 2.45) is 35.5 Å². The van der Waals surface area contributed by atoms with Crippen molar-refractivity contribution in [3.8, 4) is 5.75 Å². The Morgan fingerprint density at radius 1 is 0.938 bits per heavy atom. The number of hydrogen-bond donors (Lipinski definition) is 0. The van der Waals surface area contributed by atoms with Crippen LogP contribution in [0, 0.1) is 35.5 Å². The standard InChI is InChI=1S/C25H19Cl2NO4/c26-12-1-8-20(27)19(9-12)21(29)11-32-14-4-2-13(3-5-14)28-24(30)22-15-6-7-16(18-10-17(15)18)23(22)25(28)31/h1-9,15-18,22-23H,10-11H2/t15-,16?,17?,18-,22?,23?/m1/s1. The van der Waals surface area contributed by atoms with E-state index in [1.165, 1.54) is 11.0 Å². The number of halogens is 2. The van der Waals surface area contributed by atoms with Gasteiger partial charge in [-0.1, -0.05) is 35.4 Å². The number of nitrogens with zero attached hydrogens (tertiary/aromatic N) is 1. The van der Waals surface area contributed by atoms with Gasteiger partial charge < -0.3 is 4.74 Å². The number of hydrogen-bond acceptors (Lipinski definition) is 4. The summed E-state index contributed by atoms with van der Waals surface area (Å²) in [5, 5.41) is 0.732. The number of Topliss-reactive ketones (excluding diaryl/α,β-unsaturated/α-hetero) is 1. The molecule has 6 atom stereocenters. The molecule has 2 aromatic carbocycles. The van der Waals surface area contributed by atoms with Crippen LogP contribution in [0.15, 0.2) is 54.6 Å². The molecule has 5 aliphatic rings. The monoisotopic (exact) mass is 467 g/mol. The number of ether oxygens (including phenoxy) is 1. The summed E-state index contributed by atoms with van der Waals surface area (Å²) in [6.07, 6.45) is 5.46. The molecule has 0 aromatic heterocycles. The van der Waals surface area contributed by atoms with Crippen LogP contribution in [-0.2, 0) is 9.59 Å². The summed E-state index contributed by atoms with van der Waals surface area (Å²) in [6, 6.07) is 11.4. The van der Waals surface area contributed by atoms with Gasteiger partial charge in [0, 0.05) is 10.6 Å². The predicted octanol–water partition coefficient (Wildman–Crippen LogP) is 4.81. The van der Waals surface area contributed by atoms with Gasteiger partial charge in [-0.25, -0.2) is 0 Å². The molecule has 1 aliphatic heterocycles. The second-order valence-electron chi connectivity index (χ2n) is 9.00. The number of benzene rings is 2. The summed E-state index contributed by atoms with van der Waals surface area (Å²) >= 11 is 12.0. The normalized spacial score (nSPS) is 31.5. The van der Waals surface area contributed by atoms with Crippen molar-refractivity contribution in [3.05, 3.63) is 70.2 Å². The van der Waals surface area contributed by atoms with Crippen LogP contribution in [0.2, 0.25) is 10.0 Å². The van der Waals surface area contributed by atoms with Gasteiger partial charge in [0.05, 0.1) is 22.5 Å². The van der Waals surface area contributed by atoms with Crippen LogP contribution in [0.3, 0.4) is 0 Å². The quantitative estimate of drug-likeness (QED) is 0.359. The molecule has 3 fully saturated rings. The van der Waals surface area contributed by atoms with E-state index < -0.39 is 0 Å². The summed E-state index contributed by atoms with van der Waals surface area (Å²) in [4.78, 5) is 40.1. The van der Waals surface area contributed by atoms with Crippen molar-refractivity contribution in [2.75, 3.05) is 11.5 Å². The molecule has 1 heterocycles. The molecule has 2 bridgehead atoms. The minimum atomic E-state index is -0.294. The Labute approximate surface area is 194 Å². The lowest BCUT2D eigenvalue weighted by atomic mass is 9.63. The summed E-state index contributed by atoms with van der Waals surface area (Å²) in [5.41, 5.74) is 0.840. The van der Waals surface area contributed by atoms with E-state index in [1.807, 2.05) is 0 Å². The Bertz CT molecular complexity index is 1150. The number of rotatable bonds is 5. The first-order valence-electron chi connectivity index (χ1n) is 10.7. The maximum absolute atomic E-state index is 13.2. The molecule has 0 radical (unpaired) electrons.